The van der Waals surface area contributed by atoms with Crippen LogP contribution >= 0.6 is 15.9 Å². The second kappa shape index (κ2) is 5.82. The Morgan fingerprint density at radius 2 is 2.08 bits per heavy atom. The summed E-state index contributed by atoms with van der Waals surface area (Å²) in [5.41, 5.74) is -0.0927. The van der Waals surface area contributed by atoms with Crippen molar-refractivity contribution in [2.24, 2.45) is 7.05 Å². The Hall–Kier alpha value is -2.55. The number of H-pyrrole nitrogens is 1. The number of imidazole rings is 1. The molecule has 0 atom stereocenters. The number of benzene rings is 1. The molecule has 3 aromatic rings. The van der Waals surface area contributed by atoms with E-state index in [0.29, 0.717) is 11.1 Å². The lowest BCUT2D eigenvalue weighted by molar-refractivity contribution is 0.0972. The Morgan fingerprint density at radius 1 is 1.38 bits per heavy atom. The molecule has 0 aliphatic heterocycles. The molecule has 0 bridgehead atoms. The number of aryl methyl sites for hydroxylation is 2. The average Bonchev–Trinajstić information content (AvgIpc) is 2.82. The zero-order valence-electron chi connectivity index (χ0n) is 12.8. The molecule has 1 aromatic carbocycles. The second-order valence-corrected chi connectivity index (χ2v) is 6.05. The number of carbonyl (C=O) groups excluding carboxylic acids is 1. The normalized spacial score (nSPS) is 11.2. The van der Waals surface area contributed by atoms with E-state index >= 15 is 0 Å². The number of hydrogen-bond acceptors (Lipinski definition) is 4. The lowest BCUT2D eigenvalue weighted by atomic mass is 10.0. The molecule has 2 heterocycles. The molecule has 24 heavy (non-hydrogen) atoms. The van der Waals surface area contributed by atoms with Crippen molar-refractivity contribution in [1.82, 2.24) is 19.1 Å². The minimum absolute atomic E-state index is 0.108. The van der Waals surface area contributed by atoms with Crippen molar-refractivity contribution in [1.29, 1.82) is 0 Å². The lowest BCUT2D eigenvalue weighted by Gasteiger charge is -2.07. The van der Waals surface area contributed by atoms with E-state index in [1.54, 1.807) is 6.92 Å². The first-order valence-corrected chi connectivity index (χ1v) is 7.73. The minimum atomic E-state index is -0.630. The number of aromatic nitrogens is 4. The Bertz CT molecular complexity index is 1100. The fourth-order valence-electron chi connectivity index (χ4n) is 2.52. The van der Waals surface area contributed by atoms with Crippen LogP contribution in [0.4, 0.5) is 4.39 Å². The fraction of sp³-hybridized carbons (Fsp3) is 0.200. The molecule has 2 aromatic heterocycles. The van der Waals surface area contributed by atoms with E-state index < -0.39 is 17.1 Å². The number of hydrogen-bond donors (Lipinski definition) is 1. The van der Waals surface area contributed by atoms with Crippen LogP contribution in [-0.4, -0.2) is 24.9 Å². The van der Waals surface area contributed by atoms with E-state index in [1.165, 1.54) is 34.4 Å². The van der Waals surface area contributed by atoms with Gasteiger partial charge in [-0.2, -0.15) is 0 Å². The van der Waals surface area contributed by atoms with E-state index in [0.717, 1.165) is 0 Å². The zero-order chi connectivity index (χ0) is 17.6. The quantitative estimate of drug-likeness (QED) is 0.538. The van der Waals surface area contributed by atoms with Gasteiger partial charge in [-0.15, -0.1) is 0 Å². The highest BCUT2D eigenvalue weighted by Crippen LogP contribution is 2.18. The number of Topliss-reactive ketones (excluding diaryl/α,β-unsaturated/α-hetero) is 1. The molecule has 0 fully saturated rings. The number of halogens is 2. The first kappa shape index (κ1) is 16.3. The number of nitrogens with one attached hydrogen (secondary N) is 1. The van der Waals surface area contributed by atoms with E-state index in [2.05, 4.69) is 25.9 Å². The van der Waals surface area contributed by atoms with Crippen molar-refractivity contribution >= 4 is 32.9 Å². The summed E-state index contributed by atoms with van der Waals surface area (Å²) in [6, 6.07) is 3.88. The molecular formula is C15H12BrFN4O3. The van der Waals surface area contributed by atoms with Crippen LogP contribution in [0.3, 0.4) is 0 Å². The summed E-state index contributed by atoms with van der Waals surface area (Å²) in [5.74, 6) is -0.731. The number of nitrogens with zero attached hydrogens (tertiary/aromatic N) is 3. The van der Waals surface area contributed by atoms with Gasteiger partial charge in [0.05, 0.1) is 6.54 Å². The van der Waals surface area contributed by atoms with E-state index in [1.807, 2.05) is 0 Å². The largest absolute Gasteiger partial charge is 0.329 e. The first-order chi connectivity index (χ1) is 11.3. The maximum absolute atomic E-state index is 13.2. The lowest BCUT2D eigenvalue weighted by Crippen LogP contribution is -2.29. The van der Waals surface area contributed by atoms with Gasteiger partial charge in [-0.3, -0.25) is 19.1 Å². The minimum Gasteiger partial charge on any atom is -0.305 e. The third-order valence-corrected chi connectivity index (χ3v) is 4.36. The summed E-state index contributed by atoms with van der Waals surface area (Å²) in [6.45, 7) is 1.46. The maximum atomic E-state index is 13.2. The number of fused-ring (bicyclic) bond motifs is 1. The van der Waals surface area contributed by atoms with Crippen LogP contribution in [0.2, 0.25) is 0 Å². The first-order valence-electron chi connectivity index (χ1n) is 6.94. The van der Waals surface area contributed by atoms with Gasteiger partial charge in [0.15, 0.2) is 21.7 Å². The van der Waals surface area contributed by atoms with Crippen LogP contribution in [0.15, 0.2) is 32.5 Å². The molecule has 3 rings (SSSR count). The van der Waals surface area contributed by atoms with Crippen LogP contribution in [0.5, 0.6) is 0 Å². The average molecular weight is 395 g/mol. The number of aromatic amines is 1. The van der Waals surface area contributed by atoms with E-state index in [4.69, 9.17) is 0 Å². The summed E-state index contributed by atoms with van der Waals surface area (Å²) in [4.78, 5) is 42.6. The number of ketones is 1. The van der Waals surface area contributed by atoms with Gasteiger partial charge in [0, 0.05) is 12.6 Å². The molecule has 0 spiro atoms. The molecule has 0 radical (unpaired) electrons. The van der Waals surface area contributed by atoms with E-state index in [9.17, 15) is 18.8 Å². The predicted octanol–water partition coefficient (Wildman–Crippen LogP) is 1.52. The predicted molar refractivity (Wildman–Crippen MR) is 88.8 cm³/mol. The summed E-state index contributed by atoms with van der Waals surface area (Å²) in [6.07, 6.45) is 0. The Balaban J connectivity index is 2.12. The standard InChI is InChI=1S/C15H12BrFN4O3/c1-7-5-8(17)3-4-9(7)10(22)6-21-11-12(18-14(21)16)20(2)15(24)19-13(11)23/h3-5H,6H2,1-2H3,(H,19,23,24). The van der Waals surface area contributed by atoms with Gasteiger partial charge in [-0.05, 0) is 46.6 Å². The third kappa shape index (κ3) is 2.60. The highest BCUT2D eigenvalue weighted by atomic mass is 79.9. The monoisotopic (exact) mass is 394 g/mol. The van der Waals surface area contributed by atoms with Crippen LogP contribution in [0, 0.1) is 12.7 Å². The SMILES string of the molecule is Cc1cc(F)ccc1C(=O)Cn1c(Br)nc2c1c(=O)[nH]c(=O)n2C. The molecule has 0 aliphatic rings. The summed E-state index contributed by atoms with van der Waals surface area (Å²) >= 11 is 3.21. The molecule has 9 heteroatoms. The summed E-state index contributed by atoms with van der Waals surface area (Å²) in [7, 11) is 1.47. The number of rotatable bonds is 3. The Labute approximate surface area is 142 Å². The molecule has 1 N–H and O–H groups in total. The molecule has 0 unspecified atom stereocenters. The van der Waals surface area contributed by atoms with Gasteiger partial charge >= 0.3 is 5.69 Å². The maximum Gasteiger partial charge on any atom is 0.329 e. The van der Waals surface area contributed by atoms with Gasteiger partial charge in [0.1, 0.15) is 5.82 Å². The smallest absolute Gasteiger partial charge is 0.305 e. The molecule has 7 nitrogen and oxygen atoms in total. The van der Waals surface area contributed by atoms with Crippen molar-refractivity contribution < 1.29 is 9.18 Å². The highest BCUT2D eigenvalue weighted by molar-refractivity contribution is 9.10. The van der Waals surface area contributed by atoms with Crippen molar-refractivity contribution in [3.8, 4) is 0 Å². The van der Waals surface area contributed by atoms with Gasteiger partial charge < -0.3 is 4.57 Å². The molecule has 0 saturated carbocycles. The molecular weight excluding hydrogens is 383 g/mol. The zero-order valence-corrected chi connectivity index (χ0v) is 14.3. The van der Waals surface area contributed by atoms with Crippen molar-refractivity contribution in [3.63, 3.8) is 0 Å². The Kier molecular flexibility index (Phi) is 3.96. The Morgan fingerprint density at radius 3 is 2.75 bits per heavy atom. The molecule has 0 amide bonds. The van der Waals surface area contributed by atoms with Crippen molar-refractivity contribution in [2.45, 2.75) is 13.5 Å². The summed E-state index contributed by atoms with van der Waals surface area (Å²) < 4.78 is 16.0. The van der Waals surface area contributed by atoms with Crippen LogP contribution < -0.4 is 11.2 Å². The van der Waals surface area contributed by atoms with Crippen LogP contribution in [0.25, 0.3) is 11.2 Å². The van der Waals surface area contributed by atoms with Crippen molar-refractivity contribution in [3.05, 3.63) is 60.7 Å². The van der Waals surface area contributed by atoms with Crippen molar-refractivity contribution in [2.75, 3.05) is 0 Å². The molecule has 124 valence electrons. The van der Waals surface area contributed by atoms with Gasteiger partial charge in [0.2, 0.25) is 0 Å². The topological polar surface area (TPSA) is 89.8 Å². The summed E-state index contributed by atoms with van der Waals surface area (Å²) in [5, 5.41) is 0. The van der Waals surface area contributed by atoms with Crippen LogP contribution in [0.1, 0.15) is 15.9 Å². The number of carbonyl (C=O) groups is 1. The van der Waals surface area contributed by atoms with Gasteiger partial charge in [-0.25, -0.2) is 14.2 Å². The fourth-order valence-corrected chi connectivity index (χ4v) is 2.99. The van der Waals surface area contributed by atoms with Gasteiger partial charge in [0.25, 0.3) is 5.56 Å². The van der Waals surface area contributed by atoms with Crippen LogP contribution in [-0.2, 0) is 13.6 Å². The molecule has 0 aliphatic carbocycles. The van der Waals surface area contributed by atoms with E-state index in [-0.39, 0.29) is 28.2 Å². The highest BCUT2D eigenvalue weighted by Gasteiger charge is 2.19. The second-order valence-electron chi connectivity index (χ2n) is 5.34. The van der Waals surface area contributed by atoms with Gasteiger partial charge in [-0.1, -0.05) is 0 Å². The third-order valence-electron chi connectivity index (χ3n) is 3.75. The molecule has 0 saturated heterocycles.